The minimum atomic E-state index is -0.358. The molecule has 2 aromatic carbocycles. The predicted octanol–water partition coefficient (Wildman–Crippen LogP) is 4.95. The summed E-state index contributed by atoms with van der Waals surface area (Å²) in [5.74, 6) is 0.409. The highest BCUT2D eigenvalue weighted by molar-refractivity contribution is 5.97. The van der Waals surface area contributed by atoms with Gasteiger partial charge in [-0.3, -0.25) is 9.59 Å². The number of fused-ring (bicyclic) bond motifs is 1. The van der Waals surface area contributed by atoms with Crippen molar-refractivity contribution in [1.29, 1.82) is 0 Å². The fourth-order valence-electron chi connectivity index (χ4n) is 4.36. The molecule has 0 radical (unpaired) electrons. The van der Waals surface area contributed by atoms with Crippen LogP contribution in [-0.4, -0.2) is 53.9 Å². The summed E-state index contributed by atoms with van der Waals surface area (Å²) in [4.78, 5) is 30.2. The van der Waals surface area contributed by atoms with Crippen molar-refractivity contribution >= 4 is 11.8 Å². The Morgan fingerprint density at radius 2 is 1.79 bits per heavy atom. The molecule has 0 spiro atoms. The summed E-state index contributed by atoms with van der Waals surface area (Å²) in [6, 6.07) is 13.6. The van der Waals surface area contributed by atoms with Gasteiger partial charge in [0.15, 0.2) is 0 Å². The SMILES string of the molecule is CCN1CCCCN(C(=O)Cc2ccccc2F)[C@@H](CC(C)C)COc2ccccc2C1=O. The summed E-state index contributed by atoms with van der Waals surface area (Å²) in [7, 11) is 0. The number of ether oxygens (including phenoxy) is 1. The Morgan fingerprint density at radius 3 is 2.52 bits per heavy atom. The van der Waals surface area contributed by atoms with Crippen molar-refractivity contribution in [3.8, 4) is 5.75 Å². The predicted molar refractivity (Wildman–Crippen MR) is 128 cm³/mol. The summed E-state index contributed by atoms with van der Waals surface area (Å²) in [6.07, 6.45) is 2.35. The van der Waals surface area contributed by atoms with Crippen LogP contribution in [0.5, 0.6) is 5.75 Å². The molecular formula is C27H35FN2O3. The first-order chi connectivity index (χ1) is 15.9. The summed E-state index contributed by atoms with van der Waals surface area (Å²) in [6.45, 7) is 8.28. The largest absolute Gasteiger partial charge is 0.491 e. The topological polar surface area (TPSA) is 49.9 Å². The maximum atomic E-state index is 14.2. The average Bonchev–Trinajstić information content (AvgIpc) is 2.79. The molecule has 2 amide bonds. The number of para-hydroxylation sites is 1. The Labute approximate surface area is 196 Å². The van der Waals surface area contributed by atoms with Crippen LogP contribution in [0.4, 0.5) is 4.39 Å². The number of hydrogen-bond donors (Lipinski definition) is 0. The molecule has 178 valence electrons. The lowest BCUT2D eigenvalue weighted by molar-refractivity contribution is -0.134. The Balaban J connectivity index is 1.89. The number of benzene rings is 2. The third kappa shape index (κ3) is 6.56. The van der Waals surface area contributed by atoms with Gasteiger partial charge in [-0.1, -0.05) is 44.2 Å². The van der Waals surface area contributed by atoms with Crippen LogP contribution in [0.15, 0.2) is 48.5 Å². The van der Waals surface area contributed by atoms with E-state index >= 15 is 0 Å². The maximum absolute atomic E-state index is 14.2. The van der Waals surface area contributed by atoms with E-state index in [4.69, 9.17) is 4.74 Å². The number of rotatable bonds is 5. The first-order valence-electron chi connectivity index (χ1n) is 11.9. The van der Waals surface area contributed by atoms with Gasteiger partial charge in [0, 0.05) is 19.6 Å². The van der Waals surface area contributed by atoms with E-state index in [1.54, 1.807) is 24.3 Å². The van der Waals surface area contributed by atoms with Crippen molar-refractivity contribution in [3.63, 3.8) is 0 Å². The van der Waals surface area contributed by atoms with Gasteiger partial charge >= 0.3 is 0 Å². The second-order valence-electron chi connectivity index (χ2n) is 9.04. The smallest absolute Gasteiger partial charge is 0.257 e. The molecule has 0 aliphatic carbocycles. The molecule has 0 bridgehead atoms. The van der Waals surface area contributed by atoms with E-state index in [0.29, 0.717) is 42.4 Å². The van der Waals surface area contributed by atoms with Crippen LogP contribution in [0.3, 0.4) is 0 Å². The number of amides is 2. The van der Waals surface area contributed by atoms with Crippen molar-refractivity contribution < 1.29 is 18.7 Å². The first kappa shape index (κ1) is 24.7. The second kappa shape index (κ2) is 11.8. The van der Waals surface area contributed by atoms with Crippen LogP contribution in [0, 0.1) is 11.7 Å². The molecule has 0 saturated carbocycles. The molecule has 6 heteroatoms. The number of hydrogen-bond acceptors (Lipinski definition) is 3. The van der Waals surface area contributed by atoms with E-state index in [2.05, 4.69) is 13.8 Å². The molecule has 1 aliphatic heterocycles. The molecule has 33 heavy (non-hydrogen) atoms. The number of carbonyl (C=O) groups is 2. The standard InChI is InChI=1S/C27H35FN2O3/c1-4-29-15-9-10-16-30(26(31)18-21-11-5-7-13-24(21)28)22(17-20(2)3)19-33-25-14-8-6-12-23(25)27(29)32/h5-8,11-14,20,22H,4,9-10,15-19H2,1-3H3/t22-/m0/s1. The van der Waals surface area contributed by atoms with E-state index in [1.807, 2.05) is 34.9 Å². The van der Waals surface area contributed by atoms with Gasteiger partial charge in [0.2, 0.25) is 5.91 Å². The molecule has 1 atom stereocenters. The monoisotopic (exact) mass is 454 g/mol. The highest BCUT2D eigenvalue weighted by Gasteiger charge is 2.27. The first-order valence-corrected chi connectivity index (χ1v) is 11.9. The zero-order valence-electron chi connectivity index (χ0n) is 19.9. The summed E-state index contributed by atoms with van der Waals surface area (Å²) >= 11 is 0. The van der Waals surface area contributed by atoms with Crippen LogP contribution >= 0.6 is 0 Å². The number of nitrogens with zero attached hydrogens (tertiary/aromatic N) is 2. The van der Waals surface area contributed by atoms with Crippen LogP contribution in [0.2, 0.25) is 0 Å². The van der Waals surface area contributed by atoms with Crippen LogP contribution in [-0.2, 0) is 11.2 Å². The van der Waals surface area contributed by atoms with Crippen LogP contribution in [0.1, 0.15) is 56.0 Å². The molecule has 1 heterocycles. The van der Waals surface area contributed by atoms with Crippen molar-refractivity contribution in [2.24, 2.45) is 5.92 Å². The molecule has 3 rings (SSSR count). The van der Waals surface area contributed by atoms with Gasteiger partial charge in [0.25, 0.3) is 5.91 Å². The molecule has 0 N–H and O–H groups in total. The fourth-order valence-corrected chi connectivity index (χ4v) is 4.36. The van der Waals surface area contributed by atoms with Crippen molar-refractivity contribution in [3.05, 3.63) is 65.5 Å². The lowest BCUT2D eigenvalue weighted by Crippen LogP contribution is -2.46. The van der Waals surface area contributed by atoms with Gasteiger partial charge < -0.3 is 14.5 Å². The quantitative estimate of drug-likeness (QED) is 0.643. The minimum absolute atomic E-state index is 0.0252. The molecule has 0 fully saturated rings. The van der Waals surface area contributed by atoms with Gasteiger partial charge in [0.05, 0.1) is 18.0 Å². The third-order valence-electron chi connectivity index (χ3n) is 6.10. The molecular weight excluding hydrogens is 419 g/mol. The summed E-state index contributed by atoms with van der Waals surface area (Å²) < 4.78 is 20.4. The molecule has 1 aliphatic rings. The van der Waals surface area contributed by atoms with Gasteiger partial charge in [-0.05, 0) is 55.9 Å². The Kier molecular flexibility index (Phi) is 8.87. The highest BCUT2D eigenvalue weighted by atomic mass is 19.1. The van der Waals surface area contributed by atoms with E-state index < -0.39 is 0 Å². The van der Waals surface area contributed by atoms with Crippen molar-refractivity contribution in [1.82, 2.24) is 9.80 Å². The van der Waals surface area contributed by atoms with Gasteiger partial charge in [-0.2, -0.15) is 0 Å². The normalized spacial score (nSPS) is 17.7. The van der Waals surface area contributed by atoms with E-state index in [9.17, 15) is 14.0 Å². The van der Waals surface area contributed by atoms with E-state index in [1.165, 1.54) is 6.07 Å². The zero-order valence-corrected chi connectivity index (χ0v) is 19.9. The van der Waals surface area contributed by atoms with Gasteiger partial charge in [-0.15, -0.1) is 0 Å². The maximum Gasteiger partial charge on any atom is 0.257 e. The number of halogens is 1. The van der Waals surface area contributed by atoms with Gasteiger partial charge in [0.1, 0.15) is 18.2 Å². The Morgan fingerprint density at radius 1 is 1.09 bits per heavy atom. The zero-order chi connectivity index (χ0) is 23.8. The number of carbonyl (C=O) groups excluding carboxylic acids is 2. The van der Waals surface area contributed by atoms with Crippen LogP contribution in [0.25, 0.3) is 0 Å². The Bertz CT molecular complexity index is 946. The molecule has 0 saturated heterocycles. The van der Waals surface area contributed by atoms with E-state index in [0.717, 1.165) is 19.3 Å². The molecule has 0 unspecified atom stereocenters. The van der Waals surface area contributed by atoms with Crippen molar-refractivity contribution in [2.45, 2.75) is 52.5 Å². The lowest BCUT2D eigenvalue weighted by Gasteiger charge is -2.34. The minimum Gasteiger partial charge on any atom is -0.491 e. The average molecular weight is 455 g/mol. The Hall–Kier alpha value is -2.89. The van der Waals surface area contributed by atoms with E-state index in [-0.39, 0.29) is 36.7 Å². The fraction of sp³-hybridized carbons (Fsp3) is 0.481. The third-order valence-corrected chi connectivity index (χ3v) is 6.10. The molecule has 5 nitrogen and oxygen atoms in total. The van der Waals surface area contributed by atoms with Gasteiger partial charge in [-0.25, -0.2) is 4.39 Å². The van der Waals surface area contributed by atoms with Crippen molar-refractivity contribution in [2.75, 3.05) is 26.2 Å². The lowest BCUT2D eigenvalue weighted by atomic mass is 10.0. The second-order valence-corrected chi connectivity index (χ2v) is 9.04. The summed E-state index contributed by atoms with van der Waals surface area (Å²) in [5.41, 5.74) is 0.957. The molecule has 0 aromatic heterocycles. The highest BCUT2D eigenvalue weighted by Crippen LogP contribution is 2.24. The van der Waals surface area contributed by atoms with Crippen LogP contribution < -0.4 is 4.74 Å². The molecule has 2 aromatic rings. The summed E-state index contributed by atoms with van der Waals surface area (Å²) in [5, 5.41) is 0.